The highest BCUT2D eigenvalue weighted by Gasteiger charge is 2.37. The Morgan fingerprint density at radius 1 is 0.889 bits per heavy atom. The molecule has 7 heteroatoms. The van der Waals surface area contributed by atoms with E-state index in [9.17, 15) is 14.4 Å². The number of hydrogen-bond acceptors (Lipinski definition) is 4. The van der Waals surface area contributed by atoms with Gasteiger partial charge < -0.3 is 4.74 Å². The Morgan fingerprint density at radius 3 is 2.42 bits per heavy atom. The zero-order chi connectivity index (χ0) is 25.2. The molecule has 0 bridgehead atoms. The molecule has 6 nitrogen and oxygen atoms in total. The summed E-state index contributed by atoms with van der Waals surface area (Å²) in [6.45, 7) is 2.08. The number of carbonyl (C=O) groups is 3. The van der Waals surface area contributed by atoms with Crippen LogP contribution in [0.1, 0.15) is 16.7 Å². The zero-order valence-corrected chi connectivity index (χ0v) is 20.9. The number of halogens is 1. The number of para-hydroxylation sites is 1. The van der Waals surface area contributed by atoms with Crippen molar-refractivity contribution in [3.05, 3.63) is 112 Å². The van der Waals surface area contributed by atoms with Gasteiger partial charge in [0.1, 0.15) is 17.9 Å². The van der Waals surface area contributed by atoms with E-state index in [0.29, 0.717) is 17.0 Å². The molecule has 1 aliphatic rings. The average molecular weight is 541 g/mol. The van der Waals surface area contributed by atoms with Gasteiger partial charge in [-0.05, 0) is 47.5 Å². The number of aryl methyl sites for hydroxylation is 1. The van der Waals surface area contributed by atoms with Crippen molar-refractivity contribution in [3.63, 3.8) is 0 Å². The lowest BCUT2D eigenvalue weighted by atomic mass is 9.99. The molecule has 1 heterocycles. The van der Waals surface area contributed by atoms with Crippen LogP contribution in [-0.4, -0.2) is 17.8 Å². The van der Waals surface area contributed by atoms with Gasteiger partial charge in [0.25, 0.3) is 11.8 Å². The van der Waals surface area contributed by atoms with Gasteiger partial charge in [0, 0.05) is 15.6 Å². The maximum atomic E-state index is 13.5. The topological polar surface area (TPSA) is 75.7 Å². The molecule has 1 fully saturated rings. The molecule has 0 spiro atoms. The van der Waals surface area contributed by atoms with Crippen molar-refractivity contribution in [1.29, 1.82) is 0 Å². The number of nitrogens with zero attached hydrogens (tertiary/aromatic N) is 1. The van der Waals surface area contributed by atoms with Gasteiger partial charge in [-0.1, -0.05) is 82.7 Å². The van der Waals surface area contributed by atoms with Crippen molar-refractivity contribution in [3.8, 4) is 5.75 Å². The van der Waals surface area contributed by atoms with E-state index in [1.54, 1.807) is 25.1 Å². The van der Waals surface area contributed by atoms with Crippen LogP contribution in [0, 0.1) is 6.92 Å². The molecule has 5 rings (SSSR count). The van der Waals surface area contributed by atoms with Crippen LogP contribution < -0.4 is 15.0 Å². The lowest BCUT2D eigenvalue weighted by Gasteiger charge is -2.27. The van der Waals surface area contributed by atoms with Crippen molar-refractivity contribution in [2.75, 3.05) is 4.90 Å². The van der Waals surface area contributed by atoms with Gasteiger partial charge in [0.2, 0.25) is 0 Å². The molecule has 0 aliphatic carbocycles. The minimum Gasteiger partial charge on any atom is -0.488 e. The van der Waals surface area contributed by atoms with E-state index in [4.69, 9.17) is 4.74 Å². The lowest BCUT2D eigenvalue weighted by Crippen LogP contribution is -2.54. The second kappa shape index (κ2) is 9.79. The molecule has 4 aromatic carbocycles. The van der Waals surface area contributed by atoms with Crippen LogP contribution in [0.3, 0.4) is 0 Å². The SMILES string of the molecule is Cc1ccccc1N1C(=O)NC(=O)/C(=C\c2c(OCc3ccccc3Br)ccc3ccccc23)C1=O. The number of ether oxygens (including phenoxy) is 1. The summed E-state index contributed by atoms with van der Waals surface area (Å²) in [6, 6.07) is 25.4. The van der Waals surface area contributed by atoms with Gasteiger partial charge in [-0.25, -0.2) is 9.69 Å². The average Bonchev–Trinajstić information content (AvgIpc) is 2.87. The third kappa shape index (κ3) is 4.41. The number of carbonyl (C=O) groups excluding carboxylic acids is 3. The fourth-order valence-corrected chi connectivity index (χ4v) is 4.56. The Bertz CT molecular complexity index is 1560. The molecule has 1 N–H and O–H groups in total. The van der Waals surface area contributed by atoms with Crippen molar-refractivity contribution in [2.24, 2.45) is 0 Å². The largest absolute Gasteiger partial charge is 0.488 e. The Balaban J connectivity index is 1.60. The van der Waals surface area contributed by atoms with Gasteiger partial charge in [-0.3, -0.25) is 14.9 Å². The Hall–Kier alpha value is -4.23. The number of nitrogens with one attached hydrogen (secondary N) is 1. The fraction of sp³-hybridized carbons (Fsp3) is 0.0690. The third-order valence-electron chi connectivity index (χ3n) is 6.02. The van der Waals surface area contributed by atoms with Crippen molar-refractivity contribution in [2.45, 2.75) is 13.5 Å². The quantitative estimate of drug-likeness (QED) is 0.243. The second-order valence-corrected chi connectivity index (χ2v) is 9.18. The second-order valence-electron chi connectivity index (χ2n) is 8.32. The van der Waals surface area contributed by atoms with Crippen LogP contribution in [0.25, 0.3) is 16.8 Å². The van der Waals surface area contributed by atoms with Crippen molar-refractivity contribution < 1.29 is 19.1 Å². The predicted octanol–water partition coefficient (Wildman–Crippen LogP) is 6.16. The number of anilines is 1. The Kier molecular flexibility index (Phi) is 6.40. The summed E-state index contributed by atoms with van der Waals surface area (Å²) in [6.07, 6.45) is 1.51. The van der Waals surface area contributed by atoms with E-state index in [1.807, 2.05) is 66.7 Å². The Labute approximate surface area is 216 Å². The van der Waals surface area contributed by atoms with E-state index in [-0.39, 0.29) is 12.2 Å². The number of hydrogen-bond donors (Lipinski definition) is 1. The van der Waals surface area contributed by atoms with Crippen LogP contribution in [0.4, 0.5) is 10.5 Å². The minimum absolute atomic E-state index is 0.153. The van der Waals surface area contributed by atoms with Crippen LogP contribution in [0.5, 0.6) is 5.75 Å². The fourth-order valence-electron chi connectivity index (χ4n) is 4.16. The summed E-state index contributed by atoms with van der Waals surface area (Å²) in [5.74, 6) is -0.931. The normalized spacial score (nSPS) is 14.9. The summed E-state index contributed by atoms with van der Waals surface area (Å²) < 4.78 is 7.09. The number of amides is 4. The molecule has 1 saturated heterocycles. The van der Waals surface area contributed by atoms with Gasteiger partial charge in [0.15, 0.2) is 0 Å². The first-order valence-electron chi connectivity index (χ1n) is 11.3. The molecule has 0 radical (unpaired) electrons. The smallest absolute Gasteiger partial charge is 0.335 e. The summed E-state index contributed by atoms with van der Waals surface area (Å²) in [7, 11) is 0. The van der Waals surface area contributed by atoms with Gasteiger partial charge in [-0.2, -0.15) is 0 Å². The molecule has 0 unspecified atom stereocenters. The molecule has 0 atom stereocenters. The molecule has 0 saturated carbocycles. The standard InChI is InChI=1S/C29H21BrN2O4/c1-18-8-2-7-13-25(18)32-28(34)23(27(33)31-29(32)35)16-22-21-11-5-3-9-19(21)14-15-26(22)36-17-20-10-4-6-12-24(20)30/h2-16H,17H2,1H3,(H,31,33,35)/b23-16+. The molecule has 178 valence electrons. The summed E-state index contributed by atoms with van der Waals surface area (Å²) in [5, 5.41) is 4.04. The van der Waals surface area contributed by atoms with Gasteiger partial charge in [-0.15, -0.1) is 0 Å². The highest BCUT2D eigenvalue weighted by molar-refractivity contribution is 9.10. The molecular weight excluding hydrogens is 520 g/mol. The molecule has 36 heavy (non-hydrogen) atoms. The van der Waals surface area contributed by atoms with E-state index in [2.05, 4.69) is 21.2 Å². The van der Waals surface area contributed by atoms with E-state index >= 15 is 0 Å². The summed E-state index contributed by atoms with van der Waals surface area (Å²) in [5.41, 5.74) is 2.53. The Morgan fingerprint density at radius 2 is 1.61 bits per heavy atom. The molecule has 4 amide bonds. The maximum absolute atomic E-state index is 13.5. The predicted molar refractivity (Wildman–Crippen MR) is 143 cm³/mol. The number of benzene rings is 4. The highest BCUT2D eigenvalue weighted by Crippen LogP contribution is 2.33. The molecular formula is C29H21BrN2O4. The maximum Gasteiger partial charge on any atom is 0.335 e. The molecule has 4 aromatic rings. The van der Waals surface area contributed by atoms with Crippen LogP contribution in [-0.2, 0) is 16.2 Å². The van der Waals surface area contributed by atoms with Gasteiger partial charge in [0.05, 0.1) is 5.69 Å². The van der Waals surface area contributed by atoms with E-state index < -0.39 is 17.8 Å². The molecule has 1 aliphatic heterocycles. The van der Waals surface area contributed by atoms with Crippen molar-refractivity contribution in [1.82, 2.24) is 5.32 Å². The number of urea groups is 1. The third-order valence-corrected chi connectivity index (χ3v) is 6.79. The first-order valence-corrected chi connectivity index (χ1v) is 12.1. The monoisotopic (exact) mass is 540 g/mol. The first kappa shape index (κ1) is 23.5. The van der Waals surface area contributed by atoms with Gasteiger partial charge >= 0.3 is 6.03 Å². The van der Waals surface area contributed by atoms with Crippen molar-refractivity contribution >= 4 is 56.3 Å². The zero-order valence-electron chi connectivity index (χ0n) is 19.3. The van der Waals surface area contributed by atoms with E-state index in [0.717, 1.165) is 31.3 Å². The molecule has 0 aromatic heterocycles. The number of fused-ring (bicyclic) bond motifs is 1. The summed E-state index contributed by atoms with van der Waals surface area (Å²) in [4.78, 5) is 40.0. The highest BCUT2D eigenvalue weighted by atomic mass is 79.9. The number of barbiturate groups is 1. The van der Waals surface area contributed by atoms with E-state index in [1.165, 1.54) is 6.08 Å². The van der Waals surface area contributed by atoms with Crippen LogP contribution in [0.2, 0.25) is 0 Å². The first-order chi connectivity index (χ1) is 17.4. The number of rotatable bonds is 5. The summed E-state index contributed by atoms with van der Waals surface area (Å²) >= 11 is 3.54. The number of imide groups is 2. The lowest BCUT2D eigenvalue weighted by molar-refractivity contribution is -0.122. The van der Waals surface area contributed by atoms with Crippen LogP contribution >= 0.6 is 15.9 Å². The minimum atomic E-state index is -0.778. The van der Waals surface area contributed by atoms with Crippen LogP contribution in [0.15, 0.2) is 95.0 Å².